The molecule has 26 heavy (non-hydrogen) atoms. The van der Waals surface area contributed by atoms with E-state index in [9.17, 15) is 21.6 Å². The molecule has 0 saturated carbocycles. The molecule has 0 atom stereocenters. The second kappa shape index (κ2) is 7.26. The van der Waals surface area contributed by atoms with E-state index in [4.69, 9.17) is 0 Å². The fraction of sp³-hybridized carbons (Fsp3) is 0.562. The molecule has 0 aromatic heterocycles. The molecule has 0 radical (unpaired) electrons. The molecule has 2 aliphatic heterocycles. The summed E-state index contributed by atoms with van der Waals surface area (Å²) in [7, 11) is -6.74. The summed E-state index contributed by atoms with van der Waals surface area (Å²) < 4.78 is 50.9. The third-order valence-corrected chi connectivity index (χ3v) is 8.01. The van der Waals surface area contributed by atoms with Crippen molar-refractivity contribution in [2.75, 3.05) is 45.5 Å². The Morgan fingerprint density at radius 1 is 0.808 bits per heavy atom. The predicted octanol–water partition coefficient (Wildman–Crippen LogP) is 0.189. The maximum Gasteiger partial charge on any atom is 0.253 e. The Labute approximate surface area is 154 Å². The molecule has 2 heterocycles. The average Bonchev–Trinajstić information content (AvgIpc) is 3.16. The van der Waals surface area contributed by atoms with Crippen LogP contribution in [0.5, 0.6) is 0 Å². The number of hydrogen-bond acceptors (Lipinski definition) is 5. The molecule has 144 valence electrons. The predicted molar refractivity (Wildman–Crippen MR) is 96.8 cm³/mol. The normalized spacial score (nSPS) is 20.4. The average molecular weight is 402 g/mol. The van der Waals surface area contributed by atoms with Crippen LogP contribution in [0.2, 0.25) is 0 Å². The van der Waals surface area contributed by atoms with Crippen molar-refractivity contribution < 1.29 is 21.6 Å². The van der Waals surface area contributed by atoms with E-state index in [1.807, 2.05) is 0 Å². The molecular weight excluding hydrogens is 378 g/mol. The lowest BCUT2D eigenvalue weighted by atomic mass is 10.2. The van der Waals surface area contributed by atoms with Crippen LogP contribution in [0, 0.1) is 0 Å². The second-order valence-electron chi connectivity index (χ2n) is 6.59. The van der Waals surface area contributed by atoms with Gasteiger partial charge in [0.1, 0.15) is 0 Å². The van der Waals surface area contributed by atoms with Crippen LogP contribution in [0.3, 0.4) is 0 Å². The summed E-state index contributed by atoms with van der Waals surface area (Å²) in [4.78, 5) is 14.4. The number of carbonyl (C=O) groups excluding carboxylic acids is 1. The van der Waals surface area contributed by atoms with E-state index in [1.54, 1.807) is 4.90 Å². The first-order valence-corrected chi connectivity index (χ1v) is 11.8. The molecule has 0 unspecified atom stereocenters. The van der Waals surface area contributed by atoms with Crippen LogP contribution in [-0.4, -0.2) is 81.8 Å². The van der Waals surface area contributed by atoms with Gasteiger partial charge in [-0.05, 0) is 37.1 Å². The number of benzene rings is 1. The lowest BCUT2D eigenvalue weighted by Crippen LogP contribution is -2.50. The molecule has 2 saturated heterocycles. The minimum atomic E-state index is -3.49. The molecular formula is C16H23N3O5S2. The third kappa shape index (κ3) is 3.93. The topological polar surface area (TPSA) is 95.1 Å². The molecule has 10 heteroatoms. The number of nitrogens with zero attached hydrogens (tertiary/aromatic N) is 3. The molecule has 2 fully saturated rings. The summed E-state index contributed by atoms with van der Waals surface area (Å²) in [6.07, 6.45) is 2.90. The van der Waals surface area contributed by atoms with E-state index in [2.05, 4.69) is 0 Å². The van der Waals surface area contributed by atoms with Gasteiger partial charge in [0.2, 0.25) is 20.0 Å². The Hall–Kier alpha value is -1.49. The lowest BCUT2D eigenvalue weighted by molar-refractivity contribution is 0.0698. The van der Waals surface area contributed by atoms with Gasteiger partial charge < -0.3 is 4.90 Å². The number of carbonyl (C=O) groups is 1. The van der Waals surface area contributed by atoms with Gasteiger partial charge in [-0.1, -0.05) is 0 Å². The Kier molecular flexibility index (Phi) is 5.38. The highest BCUT2D eigenvalue weighted by molar-refractivity contribution is 7.89. The largest absolute Gasteiger partial charge is 0.336 e. The van der Waals surface area contributed by atoms with Crippen LogP contribution < -0.4 is 0 Å². The van der Waals surface area contributed by atoms with Crippen molar-refractivity contribution >= 4 is 26.0 Å². The quantitative estimate of drug-likeness (QED) is 0.718. The van der Waals surface area contributed by atoms with Crippen LogP contribution in [0.1, 0.15) is 23.2 Å². The van der Waals surface area contributed by atoms with Crippen molar-refractivity contribution in [2.45, 2.75) is 17.7 Å². The molecule has 1 aromatic rings. The van der Waals surface area contributed by atoms with Crippen molar-refractivity contribution in [1.29, 1.82) is 0 Å². The number of amides is 1. The van der Waals surface area contributed by atoms with Crippen LogP contribution in [0.4, 0.5) is 0 Å². The van der Waals surface area contributed by atoms with Gasteiger partial charge in [-0.15, -0.1) is 0 Å². The first-order chi connectivity index (χ1) is 12.2. The highest BCUT2D eigenvalue weighted by Gasteiger charge is 2.29. The number of piperazine rings is 1. The smallest absolute Gasteiger partial charge is 0.253 e. The summed E-state index contributed by atoms with van der Waals surface area (Å²) in [5.41, 5.74) is 0.401. The van der Waals surface area contributed by atoms with Gasteiger partial charge in [0, 0.05) is 44.8 Å². The minimum absolute atomic E-state index is 0.192. The molecule has 8 nitrogen and oxygen atoms in total. The van der Waals surface area contributed by atoms with Crippen molar-refractivity contribution in [2.24, 2.45) is 0 Å². The van der Waals surface area contributed by atoms with Gasteiger partial charge >= 0.3 is 0 Å². The Balaban J connectivity index is 1.68. The number of sulfonamides is 2. The second-order valence-corrected chi connectivity index (χ2v) is 10.5. The first kappa shape index (κ1) is 19.3. The van der Waals surface area contributed by atoms with Crippen molar-refractivity contribution in [3.8, 4) is 0 Å². The minimum Gasteiger partial charge on any atom is -0.336 e. The van der Waals surface area contributed by atoms with Crippen LogP contribution >= 0.6 is 0 Å². The zero-order chi connectivity index (χ0) is 18.9. The van der Waals surface area contributed by atoms with E-state index in [-0.39, 0.29) is 23.9 Å². The van der Waals surface area contributed by atoms with E-state index in [1.165, 1.54) is 32.9 Å². The summed E-state index contributed by atoms with van der Waals surface area (Å²) in [5, 5.41) is 0. The molecule has 0 bridgehead atoms. The molecule has 1 amide bonds. The fourth-order valence-corrected chi connectivity index (χ4v) is 5.60. The van der Waals surface area contributed by atoms with Gasteiger partial charge in [-0.2, -0.15) is 8.61 Å². The van der Waals surface area contributed by atoms with E-state index in [0.717, 1.165) is 19.1 Å². The van der Waals surface area contributed by atoms with Crippen molar-refractivity contribution in [3.63, 3.8) is 0 Å². The summed E-state index contributed by atoms with van der Waals surface area (Å²) >= 11 is 0. The van der Waals surface area contributed by atoms with Gasteiger partial charge in [0.25, 0.3) is 5.91 Å². The monoisotopic (exact) mass is 401 g/mol. The number of rotatable bonds is 4. The molecule has 0 aliphatic carbocycles. The molecule has 0 N–H and O–H groups in total. The first-order valence-electron chi connectivity index (χ1n) is 8.54. The fourth-order valence-electron chi connectivity index (χ4n) is 3.25. The lowest BCUT2D eigenvalue weighted by Gasteiger charge is -2.33. The van der Waals surface area contributed by atoms with Crippen LogP contribution in [0.15, 0.2) is 29.2 Å². The van der Waals surface area contributed by atoms with Crippen LogP contribution in [0.25, 0.3) is 0 Å². The summed E-state index contributed by atoms with van der Waals surface area (Å²) in [5.74, 6) is -0.219. The zero-order valence-electron chi connectivity index (χ0n) is 14.7. The Morgan fingerprint density at radius 3 is 1.85 bits per heavy atom. The summed E-state index contributed by atoms with van der Waals surface area (Å²) in [6.45, 7) is 2.25. The van der Waals surface area contributed by atoms with Crippen molar-refractivity contribution in [3.05, 3.63) is 29.8 Å². The van der Waals surface area contributed by atoms with E-state index in [0.29, 0.717) is 31.7 Å². The molecule has 3 rings (SSSR count). The summed E-state index contributed by atoms with van der Waals surface area (Å²) in [6, 6.07) is 5.98. The van der Waals surface area contributed by atoms with Gasteiger partial charge in [-0.25, -0.2) is 16.8 Å². The van der Waals surface area contributed by atoms with E-state index < -0.39 is 20.0 Å². The SMILES string of the molecule is CS(=O)(=O)N1CCN(C(=O)c2ccc(S(=O)(=O)N3CCCC3)cc2)CC1. The van der Waals surface area contributed by atoms with Crippen molar-refractivity contribution in [1.82, 2.24) is 13.5 Å². The molecule has 2 aliphatic rings. The molecule has 0 spiro atoms. The standard InChI is InChI=1S/C16H23N3O5S2/c1-25(21,22)18-12-10-17(11-13-18)16(20)14-4-6-15(7-5-14)26(23,24)19-8-2-3-9-19/h4-7H,2-3,8-13H2,1H3. The van der Waals surface area contributed by atoms with E-state index >= 15 is 0 Å². The zero-order valence-corrected chi connectivity index (χ0v) is 16.3. The van der Waals surface area contributed by atoms with Gasteiger partial charge in [-0.3, -0.25) is 4.79 Å². The Morgan fingerprint density at radius 2 is 1.35 bits per heavy atom. The Bertz CT molecular complexity index is 867. The van der Waals surface area contributed by atoms with Gasteiger partial charge in [0.05, 0.1) is 11.2 Å². The third-order valence-electron chi connectivity index (χ3n) is 4.80. The van der Waals surface area contributed by atoms with Gasteiger partial charge in [0.15, 0.2) is 0 Å². The van der Waals surface area contributed by atoms with Crippen LogP contribution in [-0.2, 0) is 20.0 Å². The highest BCUT2D eigenvalue weighted by atomic mass is 32.2. The highest BCUT2D eigenvalue weighted by Crippen LogP contribution is 2.21. The maximum atomic E-state index is 12.6. The molecule has 1 aromatic carbocycles. The maximum absolute atomic E-state index is 12.6. The number of hydrogen-bond donors (Lipinski definition) is 0.